The van der Waals surface area contributed by atoms with Crippen molar-refractivity contribution in [3.05, 3.63) is 41.7 Å². The van der Waals surface area contributed by atoms with Crippen LogP contribution in [0.2, 0.25) is 0 Å². The number of nitrogens with two attached hydrogens (primary N) is 1. The standard InChI is InChI=1S/C14H17N5O2/c1-3-17-13(20)10-5-4-9(15)8-12(10)19-7-6-11(18-19)14(21)16-2/h4-8H,3,15H2,1-2H3,(H,16,21)(H,17,20). The van der Waals surface area contributed by atoms with Crippen molar-refractivity contribution in [3.63, 3.8) is 0 Å². The number of aromatic nitrogens is 2. The van der Waals surface area contributed by atoms with E-state index in [1.165, 1.54) is 11.7 Å². The van der Waals surface area contributed by atoms with Gasteiger partial charge in [-0.1, -0.05) is 0 Å². The molecule has 0 spiro atoms. The van der Waals surface area contributed by atoms with Gasteiger partial charge < -0.3 is 16.4 Å². The zero-order valence-electron chi connectivity index (χ0n) is 11.9. The lowest BCUT2D eigenvalue weighted by Crippen LogP contribution is -2.24. The third-order valence-corrected chi connectivity index (χ3v) is 2.90. The molecule has 0 radical (unpaired) electrons. The number of nitrogen functional groups attached to an aromatic ring is 1. The summed E-state index contributed by atoms with van der Waals surface area (Å²) in [4.78, 5) is 23.6. The third kappa shape index (κ3) is 3.02. The number of nitrogens with one attached hydrogen (secondary N) is 2. The third-order valence-electron chi connectivity index (χ3n) is 2.90. The van der Waals surface area contributed by atoms with Crippen molar-refractivity contribution in [1.82, 2.24) is 20.4 Å². The lowest BCUT2D eigenvalue weighted by atomic mass is 10.1. The van der Waals surface area contributed by atoms with Crippen LogP contribution in [-0.2, 0) is 0 Å². The fraction of sp³-hybridized carbons (Fsp3) is 0.214. The molecule has 4 N–H and O–H groups in total. The van der Waals surface area contributed by atoms with Gasteiger partial charge in [0.2, 0.25) is 0 Å². The van der Waals surface area contributed by atoms with Crippen LogP contribution in [0.4, 0.5) is 5.69 Å². The first-order valence-electron chi connectivity index (χ1n) is 6.52. The molecule has 0 bridgehead atoms. The number of hydrogen-bond acceptors (Lipinski definition) is 4. The molecule has 2 amide bonds. The van der Waals surface area contributed by atoms with Gasteiger partial charge in [0.1, 0.15) is 0 Å². The van der Waals surface area contributed by atoms with E-state index in [1.54, 1.807) is 30.5 Å². The maximum atomic E-state index is 12.1. The molecule has 2 aromatic rings. The van der Waals surface area contributed by atoms with E-state index in [0.717, 1.165) is 0 Å². The zero-order valence-corrected chi connectivity index (χ0v) is 11.9. The lowest BCUT2D eigenvalue weighted by molar-refractivity contribution is 0.0950. The molecular weight excluding hydrogens is 270 g/mol. The first-order valence-corrected chi connectivity index (χ1v) is 6.52. The Bertz CT molecular complexity index is 678. The molecule has 0 saturated heterocycles. The quantitative estimate of drug-likeness (QED) is 0.715. The molecule has 110 valence electrons. The summed E-state index contributed by atoms with van der Waals surface area (Å²) in [6.45, 7) is 2.36. The number of benzene rings is 1. The number of hydrogen-bond donors (Lipinski definition) is 3. The van der Waals surface area contributed by atoms with Crippen molar-refractivity contribution >= 4 is 17.5 Å². The normalized spacial score (nSPS) is 10.2. The van der Waals surface area contributed by atoms with Crippen molar-refractivity contribution < 1.29 is 9.59 Å². The van der Waals surface area contributed by atoms with Gasteiger partial charge in [0.15, 0.2) is 5.69 Å². The fourth-order valence-electron chi connectivity index (χ4n) is 1.89. The first-order chi connectivity index (χ1) is 10.1. The molecule has 0 aliphatic rings. The number of amides is 2. The van der Waals surface area contributed by atoms with E-state index in [9.17, 15) is 9.59 Å². The van der Waals surface area contributed by atoms with Crippen molar-refractivity contribution in [1.29, 1.82) is 0 Å². The summed E-state index contributed by atoms with van der Waals surface area (Å²) in [6, 6.07) is 6.50. The van der Waals surface area contributed by atoms with Gasteiger partial charge in [-0.3, -0.25) is 9.59 Å². The van der Waals surface area contributed by atoms with E-state index in [2.05, 4.69) is 15.7 Å². The molecule has 0 saturated carbocycles. The molecule has 7 nitrogen and oxygen atoms in total. The van der Waals surface area contributed by atoms with Crippen LogP contribution in [0.15, 0.2) is 30.5 Å². The monoisotopic (exact) mass is 287 g/mol. The van der Waals surface area contributed by atoms with Crippen molar-refractivity contribution in [2.75, 3.05) is 19.3 Å². The van der Waals surface area contributed by atoms with Crippen LogP contribution in [0.25, 0.3) is 5.69 Å². The molecule has 0 aliphatic carbocycles. The molecule has 1 heterocycles. The average Bonchev–Trinajstić information content (AvgIpc) is 2.96. The number of nitrogens with zero attached hydrogens (tertiary/aromatic N) is 2. The second-order valence-electron chi connectivity index (χ2n) is 4.36. The van der Waals surface area contributed by atoms with Crippen LogP contribution in [0.3, 0.4) is 0 Å². The topological polar surface area (TPSA) is 102 Å². The molecule has 0 unspecified atom stereocenters. The van der Waals surface area contributed by atoms with E-state index < -0.39 is 0 Å². The minimum Gasteiger partial charge on any atom is -0.399 e. The van der Waals surface area contributed by atoms with Gasteiger partial charge in [-0.2, -0.15) is 5.10 Å². The highest BCUT2D eigenvalue weighted by Gasteiger charge is 2.15. The Balaban J connectivity index is 2.47. The van der Waals surface area contributed by atoms with Gasteiger partial charge in [0, 0.05) is 25.5 Å². The second kappa shape index (κ2) is 6.08. The van der Waals surface area contributed by atoms with E-state index in [0.29, 0.717) is 23.5 Å². The molecule has 0 aliphatic heterocycles. The smallest absolute Gasteiger partial charge is 0.271 e. The Hall–Kier alpha value is -2.83. The molecule has 2 rings (SSSR count). The summed E-state index contributed by atoms with van der Waals surface area (Å²) in [6.07, 6.45) is 1.61. The molecule has 1 aromatic carbocycles. The van der Waals surface area contributed by atoms with Gasteiger partial charge in [-0.15, -0.1) is 0 Å². The van der Waals surface area contributed by atoms with Crippen LogP contribution < -0.4 is 16.4 Å². The van der Waals surface area contributed by atoms with Gasteiger partial charge in [0.05, 0.1) is 11.3 Å². The zero-order chi connectivity index (χ0) is 15.4. The molecule has 7 heteroatoms. The first kappa shape index (κ1) is 14.6. The predicted octanol–water partition coefficient (Wildman–Crippen LogP) is 0.564. The number of rotatable bonds is 4. The minimum atomic E-state index is -0.294. The van der Waals surface area contributed by atoms with Gasteiger partial charge >= 0.3 is 0 Å². The fourth-order valence-corrected chi connectivity index (χ4v) is 1.89. The van der Waals surface area contributed by atoms with E-state index in [1.807, 2.05) is 6.92 Å². The summed E-state index contributed by atoms with van der Waals surface area (Å²) in [5.74, 6) is -0.512. The summed E-state index contributed by atoms with van der Waals surface area (Å²) in [5.41, 5.74) is 7.52. The Morgan fingerprint density at radius 3 is 2.71 bits per heavy atom. The summed E-state index contributed by atoms with van der Waals surface area (Å²) in [5, 5.41) is 9.39. The Kier molecular flexibility index (Phi) is 4.22. The Morgan fingerprint density at radius 2 is 2.05 bits per heavy atom. The SMILES string of the molecule is CCNC(=O)c1ccc(N)cc1-n1ccc(C(=O)NC)n1. The van der Waals surface area contributed by atoms with Crippen molar-refractivity contribution in [2.45, 2.75) is 6.92 Å². The van der Waals surface area contributed by atoms with Gasteiger partial charge in [-0.05, 0) is 31.2 Å². The van der Waals surface area contributed by atoms with E-state index in [-0.39, 0.29) is 17.5 Å². The van der Waals surface area contributed by atoms with Crippen molar-refractivity contribution in [2.24, 2.45) is 0 Å². The minimum absolute atomic E-state index is 0.218. The maximum absolute atomic E-state index is 12.1. The Labute approximate surface area is 122 Å². The average molecular weight is 287 g/mol. The maximum Gasteiger partial charge on any atom is 0.271 e. The highest BCUT2D eigenvalue weighted by Crippen LogP contribution is 2.18. The van der Waals surface area contributed by atoms with Crippen LogP contribution >= 0.6 is 0 Å². The Morgan fingerprint density at radius 1 is 1.29 bits per heavy atom. The number of carbonyl (C=O) groups is 2. The molecule has 1 aromatic heterocycles. The summed E-state index contributed by atoms with van der Waals surface area (Å²) >= 11 is 0. The summed E-state index contributed by atoms with van der Waals surface area (Å²) < 4.78 is 1.46. The molecule has 21 heavy (non-hydrogen) atoms. The van der Waals surface area contributed by atoms with Crippen LogP contribution in [0.1, 0.15) is 27.8 Å². The van der Waals surface area contributed by atoms with E-state index in [4.69, 9.17) is 5.73 Å². The molecular formula is C14H17N5O2. The van der Waals surface area contributed by atoms with E-state index >= 15 is 0 Å². The highest BCUT2D eigenvalue weighted by atomic mass is 16.2. The second-order valence-corrected chi connectivity index (χ2v) is 4.36. The number of anilines is 1. The van der Waals surface area contributed by atoms with Crippen LogP contribution in [0.5, 0.6) is 0 Å². The highest BCUT2D eigenvalue weighted by molar-refractivity contribution is 5.98. The van der Waals surface area contributed by atoms with Crippen LogP contribution in [0, 0.1) is 0 Å². The summed E-state index contributed by atoms with van der Waals surface area (Å²) in [7, 11) is 1.53. The van der Waals surface area contributed by atoms with Crippen LogP contribution in [-0.4, -0.2) is 35.2 Å². The van der Waals surface area contributed by atoms with Crippen molar-refractivity contribution in [3.8, 4) is 5.69 Å². The largest absolute Gasteiger partial charge is 0.399 e. The van der Waals surface area contributed by atoms with Gasteiger partial charge in [-0.25, -0.2) is 4.68 Å². The molecule has 0 atom stereocenters. The van der Waals surface area contributed by atoms with Gasteiger partial charge in [0.25, 0.3) is 11.8 Å². The lowest BCUT2D eigenvalue weighted by Gasteiger charge is -2.10. The predicted molar refractivity (Wildman–Crippen MR) is 79.4 cm³/mol. The molecule has 0 fully saturated rings. The number of carbonyl (C=O) groups excluding carboxylic acids is 2.